The summed E-state index contributed by atoms with van der Waals surface area (Å²) >= 11 is 0. The molecule has 0 aliphatic heterocycles. The number of carboxylic acid groups (broad SMARTS) is 2. The van der Waals surface area contributed by atoms with E-state index in [4.69, 9.17) is 10.2 Å². The summed E-state index contributed by atoms with van der Waals surface area (Å²) in [5, 5.41) is 17.9. The Kier molecular flexibility index (Phi) is 3.02. The summed E-state index contributed by atoms with van der Waals surface area (Å²) in [5.74, 6) is -4.19. The largest absolute Gasteiger partial charge is 0.481 e. The number of sulfone groups is 1. The van der Waals surface area contributed by atoms with Gasteiger partial charge in [0.2, 0.25) is 0 Å². The Morgan fingerprint density at radius 1 is 1.31 bits per heavy atom. The molecule has 0 aromatic heterocycles. The van der Waals surface area contributed by atoms with E-state index in [1.807, 2.05) is 0 Å². The first-order valence-corrected chi connectivity index (χ1v) is 6.68. The summed E-state index contributed by atoms with van der Waals surface area (Å²) in [4.78, 5) is 22.0. The van der Waals surface area contributed by atoms with Gasteiger partial charge in [0.15, 0.2) is 14.6 Å². The van der Waals surface area contributed by atoms with Gasteiger partial charge in [0.1, 0.15) is 0 Å². The molecule has 92 valence electrons. The van der Waals surface area contributed by atoms with E-state index >= 15 is 0 Å². The average molecular weight is 250 g/mol. The molecule has 7 heteroatoms. The number of carboxylic acids is 2. The van der Waals surface area contributed by atoms with E-state index in [9.17, 15) is 18.0 Å². The molecule has 1 aliphatic rings. The van der Waals surface area contributed by atoms with Crippen LogP contribution in [0, 0.1) is 11.8 Å². The molecule has 3 atom stereocenters. The molecule has 2 N–H and O–H groups in total. The van der Waals surface area contributed by atoms with Gasteiger partial charge in [0.05, 0.1) is 5.92 Å². The van der Waals surface area contributed by atoms with Crippen LogP contribution in [0.15, 0.2) is 0 Å². The summed E-state index contributed by atoms with van der Waals surface area (Å²) in [6.45, 7) is 1.47. The second kappa shape index (κ2) is 3.73. The molecule has 1 rings (SSSR count). The summed E-state index contributed by atoms with van der Waals surface area (Å²) in [6.07, 6.45) is 0.578. The van der Waals surface area contributed by atoms with E-state index in [1.165, 1.54) is 6.92 Å². The van der Waals surface area contributed by atoms with Crippen molar-refractivity contribution in [2.75, 3.05) is 6.26 Å². The summed E-state index contributed by atoms with van der Waals surface area (Å²) in [7, 11) is -3.84. The van der Waals surface area contributed by atoms with Crippen LogP contribution in [0.3, 0.4) is 0 Å². The normalized spacial score (nSPS) is 34.9. The van der Waals surface area contributed by atoms with E-state index in [-0.39, 0.29) is 12.8 Å². The fraction of sp³-hybridized carbons (Fsp3) is 0.778. The third-order valence-corrected chi connectivity index (χ3v) is 5.42. The van der Waals surface area contributed by atoms with Gasteiger partial charge in [0.25, 0.3) is 0 Å². The lowest BCUT2D eigenvalue weighted by atomic mass is 9.97. The third-order valence-electron chi connectivity index (χ3n) is 3.36. The molecule has 6 nitrogen and oxygen atoms in total. The first kappa shape index (κ1) is 13.0. The van der Waals surface area contributed by atoms with Crippen LogP contribution < -0.4 is 0 Å². The summed E-state index contributed by atoms with van der Waals surface area (Å²) in [5.41, 5.74) is 0. The molecule has 0 bridgehead atoms. The number of rotatable bonds is 3. The fourth-order valence-corrected chi connectivity index (χ4v) is 4.08. The van der Waals surface area contributed by atoms with Crippen LogP contribution in [0.25, 0.3) is 0 Å². The molecule has 0 amide bonds. The van der Waals surface area contributed by atoms with Gasteiger partial charge < -0.3 is 10.2 Å². The van der Waals surface area contributed by atoms with E-state index in [2.05, 4.69) is 0 Å². The number of hydrogen-bond acceptors (Lipinski definition) is 4. The van der Waals surface area contributed by atoms with Crippen molar-refractivity contribution in [2.45, 2.75) is 24.5 Å². The molecule has 0 saturated heterocycles. The van der Waals surface area contributed by atoms with Crippen molar-refractivity contribution < 1.29 is 28.2 Å². The molecule has 0 heterocycles. The molecule has 1 saturated carbocycles. The van der Waals surface area contributed by atoms with Gasteiger partial charge in [-0.3, -0.25) is 9.59 Å². The van der Waals surface area contributed by atoms with Crippen LogP contribution in [0.2, 0.25) is 0 Å². The van der Waals surface area contributed by atoms with Gasteiger partial charge in [0, 0.05) is 6.26 Å². The quantitative estimate of drug-likeness (QED) is 0.729. The van der Waals surface area contributed by atoms with Gasteiger partial charge in [-0.05, 0) is 18.8 Å². The molecule has 0 aromatic carbocycles. The van der Waals surface area contributed by atoms with E-state index in [0.29, 0.717) is 0 Å². The predicted molar refractivity (Wildman–Crippen MR) is 54.7 cm³/mol. The molecule has 1 fully saturated rings. The van der Waals surface area contributed by atoms with Crippen LogP contribution in [-0.4, -0.2) is 41.6 Å². The van der Waals surface area contributed by atoms with Gasteiger partial charge in [-0.15, -0.1) is 0 Å². The van der Waals surface area contributed by atoms with Gasteiger partial charge >= 0.3 is 11.9 Å². The van der Waals surface area contributed by atoms with Crippen LogP contribution >= 0.6 is 0 Å². The van der Waals surface area contributed by atoms with Crippen molar-refractivity contribution in [1.82, 2.24) is 0 Å². The maximum Gasteiger partial charge on any atom is 0.325 e. The molecule has 0 spiro atoms. The zero-order chi connectivity index (χ0) is 12.7. The Morgan fingerprint density at radius 3 is 2.00 bits per heavy atom. The maximum absolute atomic E-state index is 11.6. The SMILES string of the molecule is C[C@@H]1C[C@H](C(=O)O)C[C@@]1(C(=O)O)S(C)(=O)=O. The highest BCUT2D eigenvalue weighted by molar-refractivity contribution is 7.92. The second-order valence-corrected chi connectivity index (χ2v) is 6.62. The minimum atomic E-state index is -3.84. The van der Waals surface area contributed by atoms with Crippen molar-refractivity contribution >= 4 is 21.8 Å². The van der Waals surface area contributed by atoms with Crippen molar-refractivity contribution in [3.63, 3.8) is 0 Å². The lowest BCUT2D eigenvalue weighted by Gasteiger charge is -2.26. The molecule has 0 radical (unpaired) electrons. The predicted octanol–water partition coefficient (Wildman–Crippen LogP) is -0.0149. The molecule has 0 unspecified atom stereocenters. The standard InChI is InChI=1S/C9H14O6S/c1-5-3-6(7(10)11)4-9(5,8(12)13)16(2,14)15/h5-6H,3-4H2,1-2H3,(H,10,11)(H,12,13)/t5-,6+,9-/m1/s1. The lowest BCUT2D eigenvalue weighted by molar-refractivity contribution is -0.142. The molecule has 1 aliphatic carbocycles. The minimum Gasteiger partial charge on any atom is -0.481 e. The van der Waals surface area contributed by atoms with E-state index in [0.717, 1.165) is 6.26 Å². The number of carbonyl (C=O) groups is 2. The fourth-order valence-electron chi connectivity index (χ4n) is 2.43. The molecular weight excluding hydrogens is 236 g/mol. The Bertz CT molecular complexity index is 425. The van der Waals surface area contributed by atoms with Crippen LogP contribution in [0.4, 0.5) is 0 Å². The lowest BCUT2D eigenvalue weighted by Crippen LogP contribution is -2.48. The summed E-state index contributed by atoms with van der Waals surface area (Å²) < 4.78 is 21.3. The maximum atomic E-state index is 11.6. The van der Waals surface area contributed by atoms with Gasteiger partial charge in [-0.25, -0.2) is 8.42 Å². The highest BCUT2D eigenvalue weighted by atomic mass is 32.2. The molecular formula is C9H14O6S. The minimum absolute atomic E-state index is 0.0781. The smallest absolute Gasteiger partial charge is 0.325 e. The second-order valence-electron chi connectivity index (χ2n) is 4.34. The van der Waals surface area contributed by atoms with E-state index in [1.54, 1.807) is 0 Å². The van der Waals surface area contributed by atoms with Gasteiger partial charge in [-0.2, -0.15) is 0 Å². The van der Waals surface area contributed by atoms with Crippen LogP contribution in [0.1, 0.15) is 19.8 Å². The zero-order valence-electron chi connectivity index (χ0n) is 9.00. The Balaban J connectivity index is 3.26. The first-order valence-electron chi connectivity index (χ1n) is 4.78. The van der Waals surface area contributed by atoms with Gasteiger partial charge in [-0.1, -0.05) is 6.92 Å². The summed E-state index contributed by atoms with van der Waals surface area (Å²) in [6, 6.07) is 0. The van der Waals surface area contributed by atoms with Crippen molar-refractivity contribution in [2.24, 2.45) is 11.8 Å². The topological polar surface area (TPSA) is 109 Å². The van der Waals surface area contributed by atoms with E-state index < -0.39 is 38.4 Å². The highest BCUT2D eigenvalue weighted by Gasteiger charge is 2.59. The Labute approximate surface area is 93.2 Å². The average Bonchev–Trinajstić information content (AvgIpc) is 2.42. The third kappa shape index (κ3) is 1.68. The van der Waals surface area contributed by atoms with Crippen LogP contribution in [0.5, 0.6) is 0 Å². The monoisotopic (exact) mass is 250 g/mol. The van der Waals surface area contributed by atoms with Crippen LogP contribution in [-0.2, 0) is 19.4 Å². The van der Waals surface area contributed by atoms with Crippen molar-refractivity contribution in [3.05, 3.63) is 0 Å². The molecule has 16 heavy (non-hydrogen) atoms. The number of aliphatic carboxylic acids is 2. The highest BCUT2D eigenvalue weighted by Crippen LogP contribution is 2.45. The molecule has 0 aromatic rings. The Hall–Kier alpha value is -1.11. The Morgan fingerprint density at radius 2 is 1.81 bits per heavy atom. The number of hydrogen-bond donors (Lipinski definition) is 2. The zero-order valence-corrected chi connectivity index (χ0v) is 9.82. The first-order chi connectivity index (χ1) is 7.13. The van der Waals surface area contributed by atoms with Crippen molar-refractivity contribution in [3.8, 4) is 0 Å². The van der Waals surface area contributed by atoms with Crippen molar-refractivity contribution in [1.29, 1.82) is 0 Å².